The van der Waals surface area contributed by atoms with Crippen molar-refractivity contribution in [2.75, 3.05) is 13.1 Å². The molecular weight excluding hydrogens is 204 g/mol. The van der Waals surface area contributed by atoms with Crippen molar-refractivity contribution in [3.63, 3.8) is 0 Å². The molecule has 0 aromatic carbocycles. The summed E-state index contributed by atoms with van der Waals surface area (Å²) in [5, 5.41) is 0. The summed E-state index contributed by atoms with van der Waals surface area (Å²) >= 11 is 0. The van der Waals surface area contributed by atoms with Crippen molar-refractivity contribution in [2.24, 2.45) is 9.98 Å². The quantitative estimate of drug-likeness (QED) is 0.538. The predicted molar refractivity (Wildman–Crippen MR) is 69.3 cm³/mol. The van der Waals surface area contributed by atoms with Crippen molar-refractivity contribution in [1.82, 2.24) is 0 Å². The van der Waals surface area contributed by atoms with E-state index in [-0.39, 0.29) is 0 Å². The Labute approximate surface area is 99.9 Å². The molecule has 0 N–H and O–H groups in total. The summed E-state index contributed by atoms with van der Waals surface area (Å²) in [6.45, 7) is 13.2. The highest BCUT2D eigenvalue weighted by atomic mass is 16.1. The van der Waals surface area contributed by atoms with Gasteiger partial charge in [-0.25, -0.2) is 19.6 Å². The fourth-order valence-corrected chi connectivity index (χ4v) is 0.129. The van der Waals surface area contributed by atoms with Gasteiger partial charge in [0.15, 0.2) is 0 Å². The van der Waals surface area contributed by atoms with Gasteiger partial charge < -0.3 is 0 Å². The molecule has 0 unspecified atom stereocenters. The molecule has 0 aromatic heterocycles. The minimum atomic E-state index is 0.545. The molecule has 4 heteroatoms. The van der Waals surface area contributed by atoms with Crippen LogP contribution in [0.3, 0.4) is 0 Å². The van der Waals surface area contributed by atoms with E-state index in [0.717, 1.165) is 0 Å². The average molecular weight is 230 g/mol. The van der Waals surface area contributed by atoms with Crippen molar-refractivity contribution < 1.29 is 9.59 Å². The Hall–Kier alpha value is -1.24. The normalized spacial score (nSPS) is 5.88. The molecule has 0 saturated heterocycles. The summed E-state index contributed by atoms with van der Waals surface area (Å²) in [5.41, 5.74) is 0. The van der Waals surface area contributed by atoms with Gasteiger partial charge in [0.05, 0.1) is 0 Å². The molecular formula is C12H26N2O2. The molecule has 0 saturated carbocycles. The van der Waals surface area contributed by atoms with Crippen LogP contribution in [-0.4, -0.2) is 25.2 Å². The van der Waals surface area contributed by atoms with Crippen molar-refractivity contribution in [1.29, 1.82) is 0 Å². The third-order valence-corrected chi connectivity index (χ3v) is 0.445. The highest BCUT2D eigenvalue weighted by Crippen LogP contribution is 1.56. The molecule has 0 radical (unpaired) electrons. The van der Waals surface area contributed by atoms with Crippen molar-refractivity contribution in [2.45, 2.75) is 54.4 Å². The Morgan fingerprint density at radius 3 is 0.875 bits per heavy atom. The lowest BCUT2D eigenvalue weighted by molar-refractivity contribution is 0.562. The molecule has 0 atom stereocenters. The van der Waals surface area contributed by atoms with Crippen LogP contribution in [-0.2, 0) is 9.59 Å². The molecule has 0 bridgehead atoms. The first kappa shape index (κ1) is 24.1. The molecule has 0 heterocycles. The number of rotatable bonds is 2. The van der Waals surface area contributed by atoms with Crippen LogP contribution >= 0.6 is 0 Å². The zero-order valence-corrected chi connectivity index (χ0v) is 11.5. The van der Waals surface area contributed by atoms with Crippen LogP contribution in [0, 0.1) is 0 Å². The number of carbonyl (C=O) groups excluding carboxylic acids is 2. The minimum absolute atomic E-state index is 0.545. The van der Waals surface area contributed by atoms with Gasteiger partial charge in [-0.05, 0) is 13.8 Å². The zero-order valence-electron chi connectivity index (χ0n) is 11.5. The number of hydrogen-bond acceptors (Lipinski definition) is 4. The predicted octanol–water partition coefficient (Wildman–Crippen LogP) is 3.52. The van der Waals surface area contributed by atoms with E-state index in [1.54, 1.807) is 13.8 Å². The lowest BCUT2D eigenvalue weighted by Crippen LogP contribution is -1.58. The van der Waals surface area contributed by atoms with E-state index in [9.17, 15) is 0 Å². The Morgan fingerprint density at radius 2 is 0.875 bits per heavy atom. The van der Waals surface area contributed by atoms with E-state index in [1.165, 1.54) is 25.0 Å². The summed E-state index contributed by atoms with van der Waals surface area (Å²) in [5.74, 6) is 0. The number of isocyanates is 2. The second kappa shape index (κ2) is 49.0. The summed E-state index contributed by atoms with van der Waals surface area (Å²) < 4.78 is 0. The number of nitrogens with zero attached hydrogens (tertiary/aromatic N) is 2. The first-order valence-electron chi connectivity index (χ1n) is 5.73. The SMILES string of the molecule is CCC.CCC.CCN=C=O.CCN=C=O. The maximum Gasteiger partial charge on any atom is 0.234 e. The van der Waals surface area contributed by atoms with Gasteiger partial charge in [0.1, 0.15) is 0 Å². The Kier molecular flexibility index (Phi) is 74.0. The maximum atomic E-state index is 9.11. The molecule has 0 spiro atoms. The zero-order chi connectivity index (χ0) is 13.7. The molecule has 0 rings (SSSR count). The standard InChI is InChI=1S/2C3H5NO.2C3H8/c2*1-2-4-3-5;2*1-3-2/h2*2H2,1H3;2*3H2,1-2H3. The van der Waals surface area contributed by atoms with Crippen molar-refractivity contribution in [3.8, 4) is 0 Å². The average Bonchev–Trinajstić information content (AvgIpc) is 2.23. The second-order valence-electron chi connectivity index (χ2n) is 2.55. The van der Waals surface area contributed by atoms with E-state index in [2.05, 4.69) is 37.7 Å². The summed E-state index contributed by atoms with van der Waals surface area (Å²) in [6, 6.07) is 0. The van der Waals surface area contributed by atoms with Crippen molar-refractivity contribution >= 4 is 12.2 Å². The van der Waals surface area contributed by atoms with Gasteiger partial charge in [-0.2, -0.15) is 0 Å². The van der Waals surface area contributed by atoms with Gasteiger partial charge >= 0.3 is 0 Å². The monoisotopic (exact) mass is 230 g/mol. The summed E-state index contributed by atoms with van der Waals surface area (Å²) in [6.07, 6.45) is 5.28. The van der Waals surface area contributed by atoms with Crippen LogP contribution in [0.4, 0.5) is 0 Å². The Balaban J connectivity index is -0.0000000621. The highest BCUT2D eigenvalue weighted by Gasteiger charge is 1.52. The fraction of sp³-hybridized carbons (Fsp3) is 0.833. The van der Waals surface area contributed by atoms with Crippen LogP contribution in [0.25, 0.3) is 0 Å². The van der Waals surface area contributed by atoms with Gasteiger partial charge in [0.2, 0.25) is 12.2 Å². The molecule has 4 nitrogen and oxygen atoms in total. The molecule has 0 aromatic rings. The summed E-state index contributed by atoms with van der Waals surface area (Å²) in [4.78, 5) is 24.6. The van der Waals surface area contributed by atoms with Crippen molar-refractivity contribution in [3.05, 3.63) is 0 Å². The smallest absolute Gasteiger partial charge is 0.211 e. The third kappa shape index (κ3) is 232. The van der Waals surface area contributed by atoms with E-state index in [0.29, 0.717) is 13.1 Å². The van der Waals surface area contributed by atoms with Crippen LogP contribution in [0.2, 0.25) is 0 Å². The minimum Gasteiger partial charge on any atom is -0.211 e. The molecule has 0 amide bonds. The first-order chi connectivity index (χ1) is 7.66. The molecule has 0 fully saturated rings. The van der Waals surface area contributed by atoms with Gasteiger partial charge in [0.25, 0.3) is 0 Å². The molecule has 0 aliphatic rings. The third-order valence-electron chi connectivity index (χ3n) is 0.445. The highest BCUT2D eigenvalue weighted by molar-refractivity contribution is 5.32. The first-order valence-corrected chi connectivity index (χ1v) is 5.73. The van der Waals surface area contributed by atoms with E-state index in [1.807, 2.05) is 0 Å². The van der Waals surface area contributed by atoms with Gasteiger partial charge in [-0.3, -0.25) is 0 Å². The van der Waals surface area contributed by atoms with E-state index >= 15 is 0 Å². The Bertz CT molecular complexity index is 150. The number of aliphatic imine (C=N–C) groups is 2. The fourth-order valence-electron chi connectivity index (χ4n) is 0.129. The topological polar surface area (TPSA) is 58.9 Å². The van der Waals surface area contributed by atoms with Gasteiger partial charge in [-0.1, -0.05) is 40.5 Å². The lowest BCUT2D eigenvalue weighted by Gasteiger charge is -1.58. The lowest BCUT2D eigenvalue weighted by atomic mass is 10.6. The van der Waals surface area contributed by atoms with Crippen LogP contribution in [0.15, 0.2) is 9.98 Å². The van der Waals surface area contributed by atoms with E-state index < -0.39 is 0 Å². The molecule has 0 aliphatic heterocycles. The molecule has 96 valence electrons. The second-order valence-corrected chi connectivity index (χ2v) is 2.55. The van der Waals surface area contributed by atoms with Crippen LogP contribution in [0.1, 0.15) is 54.4 Å². The largest absolute Gasteiger partial charge is 0.234 e. The molecule has 16 heavy (non-hydrogen) atoms. The van der Waals surface area contributed by atoms with Crippen LogP contribution < -0.4 is 0 Å². The number of hydrogen-bond donors (Lipinski definition) is 0. The van der Waals surface area contributed by atoms with Gasteiger partial charge in [-0.15, -0.1) is 0 Å². The maximum absolute atomic E-state index is 9.11. The van der Waals surface area contributed by atoms with Gasteiger partial charge in [0, 0.05) is 13.1 Å². The molecule has 0 aliphatic carbocycles. The Morgan fingerprint density at radius 1 is 0.688 bits per heavy atom. The summed E-state index contributed by atoms with van der Waals surface area (Å²) in [7, 11) is 0. The van der Waals surface area contributed by atoms with E-state index in [4.69, 9.17) is 9.59 Å². The van der Waals surface area contributed by atoms with Crippen LogP contribution in [0.5, 0.6) is 0 Å².